The number of sulfonamides is 1. The molecule has 1 N–H and O–H groups in total. The van der Waals surface area contributed by atoms with E-state index < -0.39 is 10.0 Å². The molecule has 2 aromatic rings. The molecular formula is C12H11Cl2N3O2S. The van der Waals surface area contributed by atoms with Crippen molar-refractivity contribution in [1.82, 2.24) is 14.7 Å². The van der Waals surface area contributed by atoms with Crippen molar-refractivity contribution in [2.24, 2.45) is 0 Å². The molecule has 0 aromatic carbocycles. The second kappa shape index (κ2) is 6.49. The van der Waals surface area contributed by atoms with E-state index in [0.29, 0.717) is 6.42 Å². The fourth-order valence-corrected chi connectivity index (χ4v) is 2.83. The lowest BCUT2D eigenvalue weighted by Crippen LogP contribution is -2.26. The standard InChI is InChI=1S/C12H11Cl2N3O2S/c13-11-7-10(8-16-12(11)14)20(18,19)17-6-4-9-3-1-2-5-15-9/h1-3,5,7-8,17H,4,6H2. The summed E-state index contributed by atoms with van der Waals surface area (Å²) in [7, 11) is -3.65. The van der Waals surface area contributed by atoms with E-state index in [1.165, 1.54) is 6.07 Å². The molecule has 20 heavy (non-hydrogen) atoms. The van der Waals surface area contributed by atoms with Gasteiger partial charge < -0.3 is 0 Å². The van der Waals surface area contributed by atoms with E-state index in [0.717, 1.165) is 11.9 Å². The molecule has 8 heteroatoms. The summed E-state index contributed by atoms with van der Waals surface area (Å²) in [6, 6.07) is 6.74. The summed E-state index contributed by atoms with van der Waals surface area (Å²) < 4.78 is 26.5. The molecule has 0 atom stereocenters. The van der Waals surface area contributed by atoms with Crippen LogP contribution in [0.1, 0.15) is 5.69 Å². The maximum Gasteiger partial charge on any atom is 0.242 e. The average Bonchev–Trinajstić information content (AvgIpc) is 2.43. The highest BCUT2D eigenvalue weighted by molar-refractivity contribution is 7.89. The lowest BCUT2D eigenvalue weighted by atomic mass is 10.3. The van der Waals surface area contributed by atoms with Gasteiger partial charge in [-0.05, 0) is 18.2 Å². The first-order valence-electron chi connectivity index (χ1n) is 5.69. The summed E-state index contributed by atoms with van der Waals surface area (Å²) in [5.74, 6) is 0. The third kappa shape index (κ3) is 3.89. The third-order valence-electron chi connectivity index (χ3n) is 2.48. The Labute approximate surface area is 127 Å². The van der Waals surface area contributed by atoms with Gasteiger partial charge in [0.2, 0.25) is 10.0 Å². The number of halogens is 2. The van der Waals surface area contributed by atoms with Crippen LogP contribution in [0.4, 0.5) is 0 Å². The Morgan fingerprint density at radius 1 is 1.20 bits per heavy atom. The maximum atomic E-state index is 12.0. The molecule has 0 amide bonds. The van der Waals surface area contributed by atoms with Crippen LogP contribution in [-0.2, 0) is 16.4 Å². The number of hydrogen-bond acceptors (Lipinski definition) is 4. The highest BCUT2D eigenvalue weighted by Crippen LogP contribution is 2.21. The van der Waals surface area contributed by atoms with Gasteiger partial charge in [-0.2, -0.15) is 0 Å². The zero-order valence-electron chi connectivity index (χ0n) is 10.3. The Morgan fingerprint density at radius 3 is 2.65 bits per heavy atom. The van der Waals surface area contributed by atoms with Crippen LogP contribution in [0.15, 0.2) is 41.6 Å². The van der Waals surface area contributed by atoms with E-state index in [-0.39, 0.29) is 21.6 Å². The minimum Gasteiger partial charge on any atom is -0.261 e. The summed E-state index contributed by atoms with van der Waals surface area (Å²) in [5, 5.41) is 0.165. The van der Waals surface area contributed by atoms with Crippen molar-refractivity contribution in [3.8, 4) is 0 Å². The Balaban J connectivity index is 2.02. The predicted octanol–water partition coefficient (Wildman–Crippen LogP) is 2.30. The molecule has 0 unspecified atom stereocenters. The normalized spacial score (nSPS) is 11.5. The molecule has 0 saturated heterocycles. The highest BCUT2D eigenvalue weighted by Gasteiger charge is 2.15. The van der Waals surface area contributed by atoms with Gasteiger partial charge in [-0.1, -0.05) is 29.3 Å². The lowest BCUT2D eigenvalue weighted by Gasteiger charge is -2.07. The number of aromatic nitrogens is 2. The summed E-state index contributed by atoms with van der Waals surface area (Å²) in [6.45, 7) is 0.236. The van der Waals surface area contributed by atoms with Crippen molar-refractivity contribution in [2.45, 2.75) is 11.3 Å². The molecular weight excluding hydrogens is 321 g/mol. The van der Waals surface area contributed by atoms with Crippen LogP contribution < -0.4 is 4.72 Å². The molecule has 5 nitrogen and oxygen atoms in total. The molecule has 2 heterocycles. The minimum absolute atomic E-state index is 0.0204. The van der Waals surface area contributed by atoms with Crippen LogP contribution >= 0.6 is 23.2 Å². The molecule has 0 aliphatic rings. The number of hydrogen-bond donors (Lipinski definition) is 1. The van der Waals surface area contributed by atoms with Crippen molar-refractivity contribution < 1.29 is 8.42 Å². The van der Waals surface area contributed by atoms with Gasteiger partial charge in [0.15, 0.2) is 0 Å². The Morgan fingerprint density at radius 2 is 2.00 bits per heavy atom. The van der Waals surface area contributed by atoms with Gasteiger partial charge in [-0.25, -0.2) is 18.1 Å². The molecule has 0 aliphatic heterocycles. The summed E-state index contributed by atoms with van der Waals surface area (Å²) in [6.07, 6.45) is 3.32. The second-order valence-electron chi connectivity index (χ2n) is 3.91. The Bertz CT molecular complexity index is 693. The third-order valence-corrected chi connectivity index (χ3v) is 4.59. The number of rotatable bonds is 5. The van der Waals surface area contributed by atoms with Crippen LogP contribution in [0.3, 0.4) is 0 Å². The van der Waals surface area contributed by atoms with E-state index >= 15 is 0 Å². The molecule has 0 saturated carbocycles. The van der Waals surface area contributed by atoms with E-state index in [1.807, 2.05) is 12.1 Å². The van der Waals surface area contributed by atoms with Gasteiger partial charge in [0.05, 0.1) is 5.02 Å². The molecule has 106 valence electrons. The summed E-state index contributed by atoms with van der Waals surface area (Å²) in [4.78, 5) is 7.80. The first-order valence-corrected chi connectivity index (χ1v) is 7.93. The largest absolute Gasteiger partial charge is 0.261 e. The van der Waals surface area contributed by atoms with E-state index in [9.17, 15) is 8.42 Å². The monoisotopic (exact) mass is 331 g/mol. The van der Waals surface area contributed by atoms with Gasteiger partial charge in [0.1, 0.15) is 10.0 Å². The van der Waals surface area contributed by atoms with Gasteiger partial charge in [-0.15, -0.1) is 0 Å². The second-order valence-corrected chi connectivity index (χ2v) is 6.44. The van der Waals surface area contributed by atoms with E-state index in [1.54, 1.807) is 12.3 Å². The molecule has 0 bridgehead atoms. The first-order chi connectivity index (χ1) is 9.49. The van der Waals surface area contributed by atoms with Gasteiger partial charge in [-0.3, -0.25) is 4.98 Å². The van der Waals surface area contributed by atoms with Crippen molar-refractivity contribution >= 4 is 33.2 Å². The predicted molar refractivity (Wildman–Crippen MR) is 77.4 cm³/mol. The van der Waals surface area contributed by atoms with Crippen LogP contribution in [0, 0.1) is 0 Å². The van der Waals surface area contributed by atoms with Crippen molar-refractivity contribution in [1.29, 1.82) is 0 Å². The van der Waals surface area contributed by atoms with Crippen LogP contribution in [-0.4, -0.2) is 24.9 Å². The number of pyridine rings is 2. The lowest BCUT2D eigenvalue weighted by molar-refractivity contribution is 0.581. The average molecular weight is 332 g/mol. The molecule has 2 rings (SSSR count). The molecule has 0 fully saturated rings. The quantitative estimate of drug-likeness (QED) is 0.853. The van der Waals surface area contributed by atoms with Crippen LogP contribution in [0.2, 0.25) is 10.2 Å². The number of nitrogens with one attached hydrogen (secondary N) is 1. The van der Waals surface area contributed by atoms with E-state index in [2.05, 4.69) is 14.7 Å². The van der Waals surface area contributed by atoms with Crippen molar-refractivity contribution in [3.05, 3.63) is 52.5 Å². The Hall–Kier alpha value is -1.21. The Kier molecular flexibility index (Phi) is 4.93. The molecule has 0 spiro atoms. The zero-order chi connectivity index (χ0) is 14.6. The smallest absolute Gasteiger partial charge is 0.242 e. The van der Waals surface area contributed by atoms with Gasteiger partial charge in [0.25, 0.3) is 0 Å². The van der Waals surface area contributed by atoms with Gasteiger partial charge in [0, 0.05) is 31.1 Å². The summed E-state index contributed by atoms with van der Waals surface area (Å²) in [5.41, 5.74) is 0.808. The van der Waals surface area contributed by atoms with Crippen LogP contribution in [0.5, 0.6) is 0 Å². The van der Waals surface area contributed by atoms with Crippen LogP contribution in [0.25, 0.3) is 0 Å². The maximum absolute atomic E-state index is 12.0. The summed E-state index contributed by atoms with van der Waals surface area (Å²) >= 11 is 11.4. The highest BCUT2D eigenvalue weighted by atomic mass is 35.5. The zero-order valence-corrected chi connectivity index (χ0v) is 12.6. The molecule has 0 aliphatic carbocycles. The topological polar surface area (TPSA) is 72.0 Å². The molecule has 0 radical (unpaired) electrons. The molecule has 2 aromatic heterocycles. The van der Waals surface area contributed by atoms with Crippen molar-refractivity contribution in [2.75, 3.05) is 6.54 Å². The van der Waals surface area contributed by atoms with E-state index in [4.69, 9.17) is 23.2 Å². The van der Waals surface area contributed by atoms with Gasteiger partial charge >= 0.3 is 0 Å². The first kappa shape index (κ1) is 15.2. The minimum atomic E-state index is -3.65. The van der Waals surface area contributed by atoms with Crippen molar-refractivity contribution in [3.63, 3.8) is 0 Å². The fraction of sp³-hybridized carbons (Fsp3) is 0.167. The fourth-order valence-electron chi connectivity index (χ4n) is 1.49. The number of nitrogens with zero attached hydrogens (tertiary/aromatic N) is 2. The SMILES string of the molecule is O=S(=O)(NCCc1ccccn1)c1cnc(Cl)c(Cl)c1.